The molecule has 0 aliphatic rings. The lowest BCUT2D eigenvalue weighted by molar-refractivity contribution is -0.147. The number of carbonyl (C=O) groups is 2. The summed E-state index contributed by atoms with van der Waals surface area (Å²) in [5.41, 5.74) is 0.0997. The average Bonchev–Trinajstić information content (AvgIpc) is 2.55. The van der Waals surface area contributed by atoms with E-state index in [-0.39, 0.29) is 24.5 Å². The van der Waals surface area contributed by atoms with Gasteiger partial charge in [-0.15, -0.1) is 0 Å². The van der Waals surface area contributed by atoms with Crippen molar-refractivity contribution in [2.75, 3.05) is 13.2 Å². The van der Waals surface area contributed by atoms with E-state index in [1.807, 2.05) is 0 Å². The molecule has 24 heavy (non-hydrogen) atoms. The van der Waals surface area contributed by atoms with Crippen LogP contribution < -0.4 is 10.9 Å². The highest BCUT2D eigenvalue weighted by Crippen LogP contribution is 2.13. The summed E-state index contributed by atoms with van der Waals surface area (Å²) in [5.74, 6) is -0.408. The number of esters is 1. The van der Waals surface area contributed by atoms with Crippen molar-refractivity contribution in [2.45, 2.75) is 26.7 Å². The Morgan fingerprint density at radius 2 is 1.96 bits per heavy atom. The van der Waals surface area contributed by atoms with Crippen molar-refractivity contribution in [3.63, 3.8) is 0 Å². The fraction of sp³-hybridized carbons (Fsp3) is 0.412. The number of amides is 1. The molecule has 1 aromatic heterocycles. The molecule has 128 valence electrons. The van der Waals surface area contributed by atoms with Gasteiger partial charge >= 0.3 is 5.97 Å². The largest absolute Gasteiger partial charge is 0.455 e. The molecule has 7 nitrogen and oxygen atoms in total. The maximum atomic E-state index is 11.9. The quantitative estimate of drug-likeness (QED) is 0.742. The van der Waals surface area contributed by atoms with Crippen molar-refractivity contribution in [3.8, 4) is 0 Å². The molecule has 7 heteroatoms. The number of H-pyrrole nitrogens is 1. The number of hydrogen-bond acceptors (Lipinski definition) is 5. The number of nitrogens with one attached hydrogen (secondary N) is 2. The second kappa shape index (κ2) is 8.24. The van der Waals surface area contributed by atoms with Crippen molar-refractivity contribution < 1.29 is 14.3 Å². The summed E-state index contributed by atoms with van der Waals surface area (Å²) in [7, 11) is 0. The SMILES string of the molecule is CC(C)CCNC(=O)COC(=O)Cc1n[nH]c(=O)c2ccccc12. The maximum Gasteiger partial charge on any atom is 0.312 e. The number of carbonyl (C=O) groups excluding carboxylic acids is 2. The number of aromatic amines is 1. The van der Waals surface area contributed by atoms with Crippen LogP contribution in [0.15, 0.2) is 29.1 Å². The van der Waals surface area contributed by atoms with Crippen LogP contribution in [0.25, 0.3) is 10.8 Å². The lowest BCUT2D eigenvalue weighted by atomic mass is 10.1. The Morgan fingerprint density at radius 1 is 1.25 bits per heavy atom. The zero-order valence-electron chi connectivity index (χ0n) is 13.8. The van der Waals surface area contributed by atoms with Crippen molar-refractivity contribution in [1.82, 2.24) is 15.5 Å². The molecule has 2 rings (SSSR count). The lowest BCUT2D eigenvalue weighted by Crippen LogP contribution is -2.30. The Hall–Kier alpha value is -2.70. The van der Waals surface area contributed by atoms with Gasteiger partial charge in [0, 0.05) is 11.9 Å². The standard InChI is InChI=1S/C17H21N3O4/c1-11(2)7-8-18-15(21)10-24-16(22)9-14-12-5-3-4-6-13(12)17(23)20-19-14/h3-6,11H,7-10H2,1-2H3,(H,18,21)(H,20,23). The molecular formula is C17H21N3O4. The van der Waals surface area contributed by atoms with Crippen LogP contribution >= 0.6 is 0 Å². The topological polar surface area (TPSA) is 101 Å². The maximum absolute atomic E-state index is 11.9. The summed E-state index contributed by atoms with van der Waals surface area (Å²) < 4.78 is 4.96. The van der Waals surface area contributed by atoms with Crippen LogP contribution in [-0.4, -0.2) is 35.2 Å². The fourth-order valence-corrected chi connectivity index (χ4v) is 2.19. The van der Waals surface area contributed by atoms with Crippen LogP contribution in [0.1, 0.15) is 26.0 Å². The van der Waals surface area contributed by atoms with Gasteiger partial charge in [0.2, 0.25) is 0 Å². The van der Waals surface area contributed by atoms with E-state index in [0.29, 0.717) is 28.9 Å². The molecule has 0 spiro atoms. The first kappa shape index (κ1) is 17.7. The van der Waals surface area contributed by atoms with E-state index in [4.69, 9.17) is 4.74 Å². The van der Waals surface area contributed by atoms with E-state index in [9.17, 15) is 14.4 Å². The van der Waals surface area contributed by atoms with E-state index in [1.54, 1.807) is 24.3 Å². The van der Waals surface area contributed by atoms with E-state index >= 15 is 0 Å². The highest BCUT2D eigenvalue weighted by Gasteiger charge is 2.13. The zero-order chi connectivity index (χ0) is 17.5. The molecule has 1 heterocycles. The van der Waals surface area contributed by atoms with Crippen LogP contribution in [0.4, 0.5) is 0 Å². The molecule has 1 amide bonds. The number of aromatic nitrogens is 2. The minimum atomic E-state index is -0.571. The summed E-state index contributed by atoms with van der Waals surface area (Å²) in [6, 6.07) is 6.88. The van der Waals surface area contributed by atoms with Gasteiger partial charge in [-0.05, 0) is 18.4 Å². The first-order valence-electron chi connectivity index (χ1n) is 7.86. The number of fused-ring (bicyclic) bond motifs is 1. The minimum Gasteiger partial charge on any atom is -0.455 e. The number of ether oxygens (including phenoxy) is 1. The van der Waals surface area contributed by atoms with E-state index in [2.05, 4.69) is 29.4 Å². The van der Waals surface area contributed by atoms with Gasteiger partial charge in [-0.25, -0.2) is 5.10 Å². The third kappa shape index (κ3) is 4.91. The summed E-state index contributed by atoms with van der Waals surface area (Å²) in [4.78, 5) is 35.2. The van der Waals surface area contributed by atoms with Crippen LogP contribution in [0.2, 0.25) is 0 Å². The van der Waals surface area contributed by atoms with Crippen molar-refractivity contribution in [3.05, 3.63) is 40.3 Å². The van der Waals surface area contributed by atoms with E-state index in [0.717, 1.165) is 6.42 Å². The molecule has 0 radical (unpaired) electrons. The molecule has 1 aromatic carbocycles. The minimum absolute atomic E-state index is 0.115. The molecule has 0 atom stereocenters. The molecule has 0 aliphatic carbocycles. The normalized spacial score (nSPS) is 10.8. The Bertz CT molecular complexity index is 783. The van der Waals surface area contributed by atoms with Gasteiger partial charge in [0.05, 0.1) is 17.5 Å². The molecule has 0 fully saturated rings. The number of benzene rings is 1. The predicted molar refractivity (Wildman–Crippen MR) is 89.5 cm³/mol. The Labute approximate surface area is 139 Å². The number of nitrogens with zero attached hydrogens (tertiary/aromatic N) is 1. The summed E-state index contributed by atoms with van der Waals surface area (Å²) >= 11 is 0. The molecule has 0 saturated heterocycles. The highest BCUT2D eigenvalue weighted by molar-refractivity contribution is 5.87. The Morgan fingerprint density at radius 3 is 2.67 bits per heavy atom. The second-order valence-corrected chi connectivity index (χ2v) is 5.91. The van der Waals surface area contributed by atoms with Gasteiger partial charge in [0.25, 0.3) is 11.5 Å². The monoisotopic (exact) mass is 331 g/mol. The predicted octanol–water partition coefficient (Wildman–Crippen LogP) is 1.17. The average molecular weight is 331 g/mol. The van der Waals surface area contributed by atoms with Gasteiger partial charge in [-0.1, -0.05) is 32.0 Å². The van der Waals surface area contributed by atoms with Gasteiger partial charge in [0.15, 0.2) is 6.61 Å². The van der Waals surface area contributed by atoms with Gasteiger partial charge in [-0.3, -0.25) is 14.4 Å². The van der Waals surface area contributed by atoms with Crippen LogP contribution in [0.3, 0.4) is 0 Å². The summed E-state index contributed by atoms with van der Waals surface area (Å²) in [5, 5.41) is 10.0. The zero-order valence-corrected chi connectivity index (χ0v) is 13.8. The summed E-state index contributed by atoms with van der Waals surface area (Å²) in [6.45, 7) is 4.36. The van der Waals surface area contributed by atoms with E-state index < -0.39 is 5.97 Å². The first-order chi connectivity index (χ1) is 11.5. The van der Waals surface area contributed by atoms with Gasteiger partial charge in [-0.2, -0.15) is 5.10 Å². The Balaban J connectivity index is 1.90. The van der Waals surface area contributed by atoms with Crippen molar-refractivity contribution in [2.24, 2.45) is 5.92 Å². The first-order valence-corrected chi connectivity index (χ1v) is 7.86. The van der Waals surface area contributed by atoms with Crippen LogP contribution in [-0.2, 0) is 20.7 Å². The van der Waals surface area contributed by atoms with E-state index in [1.165, 1.54) is 0 Å². The molecular weight excluding hydrogens is 310 g/mol. The van der Waals surface area contributed by atoms with Crippen molar-refractivity contribution in [1.29, 1.82) is 0 Å². The lowest BCUT2D eigenvalue weighted by Gasteiger charge is -2.08. The molecule has 0 bridgehead atoms. The summed E-state index contributed by atoms with van der Waals surface area (Å²) in [6.07, 6.45) is 0.754. The fourth-order valence-electron chi connectivity index (χ4n) is 2.19. The third-order valence-corrected chi connectivity index (χ3v) is 3.49. The molecule has 0 unspecified atom stereocenters. The molecule has 0 saturated carbocycles. The van der Waals surface area contributed by atoms with Crippen molar-refractivity contribution >= 4 is 22.6 Å². The second-order valence-electron chi connectivity index (χ2n) is 5.91. The number of hydrogen-bond donors (Lipinski definition) is 2. The van der Waals surface area contributed by atoms with Gasteiger partial charge in [0.1, 0.15) is 0 Å². The molecule has 0 aliphatic heterocycles. The Kier molecular flexibility index (Phi) is 6.06. The third-order valence-electron chi connectivity index (χ3n) is 3.49. The molecule has 2 aromatic rings. The highest BCUT2D eigenvalue weighted by atomic mass is 16.5. The number of rotatable bonds is 7. The smallest absolute Gasteiger partial charge is 0.312 e. The van der Waals surface area contributed by atoms with Gasteiger partial charge < -0.3 is 10.1 Å². The molecule has 2 N–H and O–H groups in total. The van der Waals surface area contributed by atoms with Crippen LogP contribution in [0, 0.1) is 5.92 Å². The van der Waals surface area contributed by atoms with Crippen LogP contribution in [0.5, 0.6) is 0 Å².